The summed E-state index contributed by atoms with van der Waals surface area (Å²) in [5, 5.41) is 3.28. The molecule has 2 fully saturated rings. The number of rotatable bonds is 6. The maximum absolute atomic E-state index is 12.9. The fourth-order valence-electron chi connectivity index (χ4n) is 4.00. The van der Waals surface area contributed by atoms with E-state index < -0.39 is 0 Å². The lowest BCUT2D eigenvalue weighted by atomic mass is 9.94. The summed E-state index contributed by atoms with van der Waals surface area (Å²) < 4.78 is 5.24. The molecule has 4 rings (SSSR count). The lowest BCUT2D eigenvalue weighted by Crippen LogP contribution is -2.44. The molecule has 29 heavy (non-hydrogen) atoms. The monoisotopic (exact) mass is 393 g/mol. The number of nitrogens with one attached hydrogen (secondary N) is 1. The largest absolute Gasteiger partial charge is 0.497 e. The van der Waals surface area contributed by atoms with Crippen LogP contribution in [0.4, 0.5) is 0 Å². The number of nitrogens with zero attached hydrogens (tertiary/aromatic N) is 2. The third kappa shape index (κ3) is 4.58. The van der Waals surface area contributed by atoms with Crippen LogP contribution < -0.4 is 10.1 Å². The van der Waals surface area contributed by atoms with Crippen molar-refractivity contribution in [2.24, 2.45) is 11.8 Å². The number of amides is 2. The number of likely N-dealkylation sites (tertiary alicyclic amines) is 1. The number of carbonyl (C=O) groups is 2. The molecule has 1 aliphatic heterocycles. The molecule has 152 valence electrons. The van der Waals surface area contributed by atoms with E-state index in [1.165, 1.54) is 0 Å². The Bertz CT molecular complexity index is 841. The smallest absolute Gasteiger partial charge is 0.255 e. The lowest BCUT2D eigenvalue weighted by Gasteiger charge is -2.32. The summed E-state index contributed by atoms with van der Waals surface area (Å²) in [4.78, 5) is 31.3. The van der Waals surface area contributed by atoms with E-state index in [2.05, 4.69) is 10.3 Å². The third-order valence-corrected chi connectivity index (χ3v) is 5.93. The Morgan fingerprint density at radius 2 is 1.83 bits per heavy atom. The Kier molecular flexibility index (Phi) is 5.79. The van der Waals surface area contributed by atoms with Crippen LogP contribution in [0.3, 0.4) is 0 Å². The molecule has 1 saturated carbocycles. The normalized spacial score (nSPS) is 18.2. The predicted molar refractivity (Wildman–Crippen MR) is 109 cm³/mol. The number of aromatic nitrogens is 1. The molecular formula is C23H27N3O3. The van der Waals surface area contributed by atoms with Crippen LogP contribution in [0, 0.1) is 11.8 Å². The molecule has 0 unspecified atom stereocenters. The van der Waals surface area contributed by atoms with Gasteiger partial charge in [-0.1, -0.05) is 12.1 Å². The van der Waals surface area contributed by atoms with E-state index in [-0.39, 0.29) is 23.8 Å². The minimum atomic E-state index is -0.0487. The van der Waals surface area contributed by atoms with Gasteiger partial charge < -0.3 is 15.0 Å². The number of carbonyl (C=O) groups excluding carboxylic acids is 2. The van der Waals surface area contributed by atoms with Gasteiger partial charge >= 0.3 is 0 Å². The second kappa shape index (κ2) is 8.64. The minimum absolute atomic E-state index is 0.00829. The van der Waals surface area contributed by atoms with Crippen LogP contribution in [0.2, 0.25) is 0 Å². The Balaban J connectivity index is 1.34. The van der Waals surface area contributed by atoms with Crippen molar-refractivity contribution in [1.29, 1.82) is 0 Å². The Labute approximate surface area is 171 Å². The molecule has 1 atom stereocenters. The molecule has 2 aromatic rings. The standard InChI is InChI=1S/C23H27N3O3/c1-29-20-8-6-17(7-9-20)21(16-4-5-16)25-22(27)18-10-13-26(14-11-18)23(28)19-3-2-12-24-15-19/h2-3,6-9,12,15-16,18,21H,4-5,10-11,13-14H2,1H3,(H,25,27)/t21-/m0/s1. The Morgan fingerprint density at radius 3 is 2.41 bits per heavy atom. The molecule has 6 nitrogen and oxygen atoms in total. The fourth-order valence-corrected chi connectivity index (χ4v) is 4.00. The zero-order chi connectivity index (χ0) is 20.2. The first-order chi connectivity index (χ1) is 14.2. The Hall–Kier alpha value is -2.89. The second-order valence-electron chi connectivity index (χ2n) is 7.91. The number of ether oxygens (including phenoxy) is 1. The van der Waals surface area contributed by atoms with Crippen molar-refractivity contribution in [1.82, 2.24) is 15.2 Å². The van der Waals surface area contributed by atoms with Crippen molar-refractivity contribution in [3.63, 3.8) is 0 Å². The molecule has 0 bridgehead atoms. The topological polar surface area (TPSA) is 71.5 Å². The summed E-state index contributed by atoms with van der Waals surface area (Å²) in [7, 11) is 1.65. The molecular weight excluding hydrogens is 366 g/mol. The van der Waals surface area contributed by atoms with Crippen LogP contribution in [0.5, 0.6) is 5.75 Å². The molecule has 6 heteroatoms. The van der Waals surface area contributed by atoms with E-state index >= 15 is 0 Å². The molecule has 1 N–H and O–H groups in total. The quantitative estimate of drug-likeness (QED) is 0.818. The van der Waals surface area contributed by atoms with Crippen LogP contribution in [-0.4, -0.2) is 41.9 Å². The maximum Gasteiger partial charge on any atom is 0.255 e. The van der Waals surface area contributed by atoms with E-state index in [0.29, 0.717) is 37.4 Å². The number of hydrogen-bond donors (Lipinski definition) is 1. The van der Waals surface area contributed by atoms with Gasteiger partial charge in [0.15, 0.2) is 0 Å². The first-order valence-corrected chi connectivity index (χ1v) is 10.3. The average Bonchev–Trinajstić information content (AvgIpc) is 3.63. The minimum Gasteiger partial charge on any atom is -0.497 e. The van der Waals surface area contributed by atoms with Crippen molar-refractivity contribution in [3.8, 4) is 5.75 Å². The van der Waals surface area contributed by atoms with E-state index in [1.54, 1.807) is 31.6 Å². The number of hydrogen-bond acceptors (Lipinski definition) is 4. The molecule has 1 saturated heterocycles. The second-order valence-corrected chi connectivity index (χ2v) is 7.91. The molecule has 1 aromatic heterocycles. The van der Waals surface area contributed by atoms with Crippen molar-refractivity contribution in [3.05, 3.63) is 59.9 Å². The predicted octanol–water partition coefficient (Wildman–Crippen LogP) is 3.21. The van der Waals surface area contributed by atoms with E-state index in [0.717, 1.165) is 24.2 Å². The highest BCUT2D eigenvalue weighted by molar-refractivity contribution is 5.94. The van der Waals surface area contributed by atoms with Gasteiger partial charge in [0.1, 0.15) is 5.75 Å². The molecule has 0 radical (unpaired) electrons. The first-order valence-electron chi connectivity index (χ1n) is 10.3. The molecule has 2 aliphatic rings. The van der Waals surface area contributed by atoms with Crippen molar-refractivity contribution in [2.45, 2.75) is 31.7 Å². The van der Waals surface area contributed by atoms with Crippen LogP contribution in [-0.2, 0) is 4.79 Å². The van der Waals surface area contributed by atoms with Crippen molar-refractivity contribution < 1.29 is 14.3 Å². The Morgan fingerprint density at radius 1 is 1.10 bits per heavy atom. The molecule has 0 spiro atoms. The van der Waals surface area contributed by atoms with E-state index in [4.69, 9.17) is 4.74 Å². The van der Waals surface area contributed by atoms with Crippen molar-refractivity contribution >= 4 is 11.8 Å². The maximum atomic E-state index is 12.9. The highest BCUT2D eigenvalue weighted by Gasteiger charge is 2.35. The zero-order valence-electron chi connectivity index (χ0n) is 16.7. The van der Waals surface area contributed by atoms with Gasteiger partial charge in [0.2, 0.25) is 5.91 Å². The number of methoxy groups -OCH3 is 1. The van der Waals surface area contributed by atoms with E-state index in [1.807, 2.05) is 29.2 Å². The van der Waals surface area contributed by atoms with Gasteiger partial charge in [0.25, 0.3) is 5.91 Å². The molecule has 1 aromatic carbocycles. The van der Waals surface area contributed by atoms with Crippen molar-refractivity contribution in [2.75, 3.05) is 20.2 Å². The zero-order valence-corrected chi connectivity index (χ0v) is 16.7. The number of piperidine rings is 1. The van der Waals surface area contributed by atoms with Gasteiger partial charge in [-0.05, 0) is 61.4 Å². The van der Waals surface area contributed by atoms with Gasteiger partial charge in [0.05, 0.1) is 18.7 Å². The number of benzene rings is 1. The summed E-state index contributed by atoms with van der Waals surface area (Å²) in [6.45, 7) is 1.20. The molecule has 2 heterocycles. The summed E-state index contributed by atoms with van der Waals surface area (Å²) in [5.41, 5.74) is 1.73. The molecule has 2 amide bonds. The van der Waals surface area contributed by atoms with Gasteiger partial charge in [-0.2, -0.15) is 0 Å². The summed E-state index contributed by atoms with van der Waals surface area (Å²) >= 11 is 0. The summed E-state index contributed by atoms with van der Waals surface area (Å²) in [6.07, 6.45) is 6.93. The lowest BCUT2D eigenvalue weighted by molar-refractivity contribution is -0.127. The SMILES string of the molecule is COc1ccc([C@@H](NC(=O)C2CCN(C(=O)c3cccnc3)CC2)C2CC2)cc1. The summed E-state index contributed by atoms with van der Waals surface area (Å²) in [6, 6.07) is 11.6. The van der Waals surface area contributed by atoms with Crippen LogP contribution in [0.1, 0.15) is 47.6 Å². The third-order valence-electron chi connectivity index (χ3n) is 5.93. The number of pyridine rings is 1. The van der Waals surface area contributed by atoms with E-state index in [9.17, 15) is 9.59 Å². The first kappa shape index (κ1) is 19.4. The fraction of sp³-hybridized carbons (Fsp3) is 0.435. The average molecular weight is 393 g/mol. The van der Waals surface area contributed by atoms with Gasteiger partial charge in [0, 0.05) is 31.4 Å². The van der Waals surface area contributed by atoms with Gasteiger partial charge in [-0.25, -0.2) is 0 Å². The van der Waals surface area contributed by atoms with Crippen LogP contribution in [0.15, 0.2) is 48.8 Å². The van der Waals surface area contributed by atoms with Crippen LogP contribution >= 0.6 is 0 Å². The summed E-state index contributed by atoms with van der Waals surface area (Å²) in [5.74, 6) is 1.38. The highest BCUT2D eigenvalue weighted by Crippen LogP contribution is 2.41. The highest BCUT2D eigenvalue weighted by atomic mass is 16.5. The van der Waals surface area contributed by atoms with Gasteiger partial charge in [-0.15, -0.1) is 0 Å². The van der Waals surface area contributed by atoms with Crippen LogP contribution in [0.25, 0.3) is 0 Å². The molecule has 1 aliphatic carbocycles. The van der Waals surface area contributed by atoms with Gasteiger partial charge in [-0.3, -0.25) is 14.6 Å².